The van der Waals surface area contributed by atoms with E-state index in [1.54, 1.807) is 6.92 Å². The Morgan fingerprint density at radius 2 is 2.13 bits per heavy atom. The van der Waals surface area contributed by atoms with Gasteiger partial charge in [0.1, 0.15) is 12.4 Å². The van der Waals surface area contributed by atoms with Crippen molar-refractivity contribution in [2.75, 3.05) is 19.7 Å². The van der Waals surface area contributed by atoms with Gasteiger partial charge in [-0.2, -0.15) is 0 Å². The van der Waals surface area contributed by atoms with Crippen LogP contribution in [0.1, 0.15) is 26.2 Å². The van der Waals surface area contributed by atoms with Gasteiger partial charge in [0, 0.05) is 32.4 Å². The van der Waals surface area contributed by atoms with Gasteiger partial charge in [-0.15, -0.1) is 0 Å². The molecule has 1 aliphatic heterocycles. The maximum atomic E-state index is 10.9. The SMILES string of the molecule is CCC(=O)OCC=CN1CCC(=O)CC1. The molecule has 15 heavy (non-hydrogen) atoms. The lowest BCUT2D eigenvalue weighted by atomic mass is 10.1. The monoisotopic (exact) mass is 211 g/mol. The Bertz CT molecular complexity index is 251. The van der Waals surface area contributed by atoms with E-state index in [0.717, 1.165) is 13.1 Å². The zero-order valence-electron chi connectivity index (χ0n) is 9.07. The molecule has 0 aliphatic carbocycles. The second kappa shape index (κ2) is 6.22. The number of piperidine rings is 1. The number of Topliss-reactive ketones (excluding diaryl/α,β-unsaturated/α-hetero) is 1. The van der Waals surface area contributed by atoms with Gasteiger partial charge in [0.25, 0.3) is 0 Å². The zero-order chi connectivity index (χ0) is 11.1. The fourth-order valence-electron chi connectivity index (χ4n) is 1.36. The van der Waals surface area contributed by atoms with Crippen molar-refractivity contribution in [2.45, 2.75) is 26.2 Å². The number of hydrogen-bond acceptors (Lipinski definition) is 4. The molecule has 0 saturated carbocycles. The fourth-order valence-corrected chi connectivity index (χ4v) is 1.36. The zero-order valence-corrected chi connectivity index (χ0v) is 9.07. The molecule has 0 unspecified atom stereocenters. The number of esters is 1. The first-order valence-electron chi connectivity index (χ1n) is 5.30. The normalized spacial score (nSPS) is 17.1. The fraction of sp³-hybridized carbons (Fsp3) is 0.636. The summed E-state index contributed by atoms with van der Waals surface area (Å²) in [7, 11) is 0. The predicted octanol–water partition coefficient (Wildman–Crippen LogP) is 1.12. The molecule has 1 rings (SSSR count). The number of ketones is 1. The molecule has 1 aliphatic rings. The van der Waals surface area contributed by atoms with E-state index in [1.165, 1.54) is 0 Å². The van der Waals surface area contributed by atoms with Crippen LogP contribution in [0.4, 0.5) is 0 Å². The number of ether oxygens (including phenoxy) is 1. The van der Waals surface area contributed by atoms with Gasteiger partial charge in [0.2, 0.25) is 0 Å². The summed E-state index contributed by atoms with van der Waals surface area (Å²) in [6.07, 6.45) is 5.36. The Labute approximate surface area is 89.9 Å². The highest BCUT2D eigenvalue weighted by molar-refractivity contribution is 5.79. The highest BCUT2D eigenvalue weighted by Crippen LogP contribution is 2.05. The van der Waals surface area contributed by atoms with Crippen LogP contribution >= 0.6 is 0 Å². The maximum absolute atomic E-state index is 10.9. The third-order valence-electron chi connectivity index (χ3n) is 2.30. The second-order valence-electron chi connectivity index (χ2n) is 3.50. The van der Waals surface area contributed by atoms with Crippen molar-refractivity contribution in [1.29, 1.82) is 0 Å². The van der Waals surface area contributed by atoms with Gasteiger partial charge in [-0.25, -0.2) is 0 Å². The molecule has 1 heterocycles. The number of likely N-dealkylation sites (tertiary alicyclic amines) is 1. The largest absolute Gasteiger partial charge is 0.461 e. The lowest BCUT2D eigenvalue weighted by Gasteiger charge is -2.23. The molecule has 4 nitrogen and oxygen atoms in total. The van der Waals surface area contributed by atoms with E-state index >= 15 is 0 Å². The third-order valence-corrected chi connectivity index (χ3v) is 2.30. The molecular formula is C11H17NO3. The van der Waals surface area contributed by atoms with E-state index in [4.69, 9.17) is 4.74 Å². The van der Waals surface area contributed by atoms with Gasteiger partial charge in [0.05, 0.1) is 0 Å². The Balaban J connectivity index is 2.15. The Kier molecular flexibility index (Phi) is 4.87. The molecule has 84 valence electrons. The van der Waals surface area contributed by atoms with Crippen LogP contribution in [0.15, 0.2) is 12.3 Å². The summed E-state index contributed by atoms with van der Waals surface area (Å²) < 4.78 is 4.88. The molecule has 1 fully saturated rings. The van der Waals surface area contributed by atoms with Crippen molar-refractivity contribution in [3.63, 3.8) is 0 Å². The lowest BCUT2D eigenvalue weighted by Crippen LogP contribution is -2.29. The molecule has 4 heteroatoms. The van der Waals surface area contributed by atoms with Crippen molar-refractivity contribution in [1.82, 2.24) is 4.90 Å². The molecule has 0 atom stereocenters. The Hall–Kier alpha value is -1.32. The van der Waals surface area contributed by atoms with Gasteiger partial charge in [0.15, 0.2) is 0 Å². The minimum Gasteiger partial charge on any atom is -0.461 e. The maximum Gasteiger partial charge on any atom is 0.305 e. The summed E-state index contributed by atoms with van der Waals surface area (Å²) in [5, 5.41) is 0. The first kappa shape index (κ1) is 11.8. The molecule has 0 bridgehead atoms. The summed E-state index contributed by atoms with van der Waals surface area (Å²) in [4.78, 5) is 23.8. The van der Waals surface area contributed by atoms with E-state index in [2.05, 4.69) is 4.90 Å². The van der Waals surface area contributed by atoms with Crippen molar-refractivity contribution >= 4 is 11.8 Å². The summed E-state index contributed by atoms with van der Waals surface area (Å²) in [5.41, 5.74) is 0. The lowest BCUT2D eigenvalue weighted by molar-refractivity contribution is -0.142. The average molecular weight is 211 g/mol. The molecule has 0 aromatic heterocycles. The van der Waals surface area contributed by atoms with E-state index in [9.17, 15) is 9.59 Å². The summed E-state index contributed by atoms with van der Waals surface area (Å²) in [6.45, 7) is 3.63. The van der Waals surface area contributed by atoms with Crippen molar-refractivity contribution in [3.8, 4) is 0 Å². The minimum atomic E-state index is -0.187. The molecule has 0 radical (unpaired) electrons. The van der Waals surface area contributed by atoms with E-state index in [0.29, 0.717) is 31.7 Å². The smallest absolute Gasteiger partial charge is 0.305 e. The van der Waals surface area contributed by atoms with Crippen molar-refractivity contribution in [3.05, 3.63) is 12.3 Å². The van der Waals surface area contributed by atoms with Gasteiger partial charge < -0.3 is 9.64 Å². The van der Waals surface area contributed by atoms with Crippen LogP contribution in [-0.4, -0.2) is 36.3 Å². The van der Waals surface area contributed by atoms with Crippen LogP contribution in [-0.2, 0) is 14.3 Å². The highest BCUT2D eigenvalue weighted by atomic mass is 16.5. The van der Waals surface area contributed by atoms with E-state index in [-0.39, 0.29) is 5.97 Å². The Morgan fingerprint density at radius 3 is 2.73 bits per heavy atom. The average Bonchev–Trinajstić information content (AvgIpc) is 2.26. The number of rotatable bonds is 4. The van der Waals surface area contributed by atoms with Crippen LogP contribution in [0.25, 0.3) is 0 Å². The predicted molar refractivity (Wildman–Crippen MR) is 56.2 cm³/mol. The van der Waals surface area contributed by atoms with E-state index in [1.807, 2.05) is 12.3 Å². The molecule has 0 N–H and O–H groups in total. The van der Waals surface area contributed by atoms with Gasteiger partial charge in [-0.05, 0) is 12.3 Å². The third kappa shape index (κ3) is 4.63. The van der Waals surface area contributed by atoms with E-state index < -0.39 is 0 Å². The van der Waals surface area contributed by atoms with Crippen LogP contribution in [0.3, 0.4) is 0 Å². The number of nitrogens with zero attached hydrogens (tertiary/aromatic N) is 1. The summed E-state index contributed by atoms with van der Waals surface area (Å²) in [5.74, 6) is 0.144. The highest BCUT2D eigenvalue weighted by Gasteiger charge is 2.12. The molecule has 0 aromatic rings. The Morgan fingerprint density at radius 1 is 1.47 bits per heavy atom. The first-order valence-corrected chi connectivity index (χ1v) is 5.30. The number of carbonyl (C=O) groups excluding carboxylic acids is 2. The van der Waals surface area contributed by atoms with Crippen molar-refractivity contribution < 1.29 is 14.3 Å². The second-order valence-corrected chi connectivity index (χ2v) is 3.50. The summed E-state index contributed by atoms with van der Waals surface area (Å²) >= 11 is 0. The minimum absolute atomic E-state index is 0.187. The quantitative estimate of drug-likeness (QED) is 0.654. The van der Waals surface area contributed by atoms with Crippen molar-refractivity contribution in [2.24, 2.45) is 0 Å². The molecule has 0 amide bonds. The van der Waals surface area contributed by atoms with Crippen LogP contribution in [0.5, 0.6) is 0 Å². The molecular weight excluding hydrogens is 194 g/mol. The molecule has 1 saturated heterocycles. The molecule has 0 spiro atoms. The van der Waals surface area contributed by atoms with Gasteiger partial charge in [-0.1, -0.05) is 6.92 Å². The van der Waals surface area contributed by atoms with Crippen LogP contribution < -0.4 is 0 Å². The van der Waals surface area contributed by atoms with Crippen LogP contribution in [0, 0.1) is 0 Å². The van der Waals surface area contributed by atoms with Gasteiger partial charge in [-0.3, -0.25) is 9.59 Å². The summed E-state index contributed by atoms with van der Waals surface area (Å²) in [6, 6.07) is 0. The standard InChI is InChI=1S/C11H17NO3/c1-2-11(14)15-9-3-6-12-7-4-10(13)5-8-12/h3,6H,2,4-5,7-9H2,1H3. The van der Waals surface area contributed by atoms with Crippen LogP contribution in [0.2, 0.25) is 0 Å². The first-order chi connectivity index (χ1) is 7.22. The van der Waals surface area contributed by atoms with Gasteiger partial charge >= 0.3 is 5.97 Å². The number of hydrogen-bond donors (Lipinski definition) is 0. The molecule has 0 aromatic carbocycles. The number of carbonyl (C=O) groups is 2. The topological polar surface area (TPSA) is 46.6 Å².